The van der Waals surface area contributed by atoms with E-state index < -0.39 is 0 Å². The minimum absolute atomic E-state index is 0.175. The Kier molecular flexibility index (Phi) is 4.08. The van der Waals surface area contributed by atoms with E-state index in [0.29, 0.717) is 5.58 Å². The average Bonchev–Trinajstić information content (AvgIpc) is 2.48. The number of hydrogen-bond acceptors (Lipinski definition) is 4. The van der Waals surface area contributed by atoms with E-state index in [2.05, 4.69) is 17.9 Å². The van der Waals surface area contributed by atoms with Gasteiger partial charge >= 0.3 is 5.63 Å². The van der Waals surface area contributed by atoms with E-state index in [1.807, 2.05) is 12.1 Å². The molecule has 1 fully saturated rings. The fraction of sp³-hybridized carbons (Fsp3) is 0.471. The molecule has 0 saturated carbocycles. The number of hydrogen-bond donors (Lipinski definition) is 1. The van der Waals surface area contributed by atoms with Crippen molar-refractivity contribution in [1.82, 2.24) is 4.90 Å². The highest BCUT2D eigenvalue weighted by atomic mass is 16.4. The lowest BCUT2D eigenvalue weighted by Crippen LogP contribution is -2.35. The first-order chi connectivity index (χ1) is 10.2. The first-order valence-corrected chi connectivity index (χ1v) is 7.62. The molecular weight excluding hydrogens is 266 g/mol. The Labute approximate surface area is 124 Å². The van der Waals surface area contributed by atoms with Crippen LogP contribution < -0.4 is 5.63 Å². The Bertz CT molecular complexity index is 684. The van der Waals surface area contributed by atoms with E-state index in [0.717, 1.165) is 49.8 Å². The topological polar surface area (TPSA) is 53.7 Å². The third-order valence-corrected chi connectivity index (χ3v) is 4.25. The van der Waals surface area contributed by atoms with Crippen LogP contribution in [0.5, 0.6) is 0 Å². The third-order valence-electron chi connectivity index (χ3n) is 4.25. The minimum atomic E-state index is -0.289. The Hall–Kier alpha value is -1.65. The standard InChI is InChI=1S/C17H21NO3/c1-2-12-3-4-15-13(10-17(20)21-16(15)9-12)11-18-7-5-14(19)6-8-18/h3-4,9-10,14,19H,2,5-8,11H2,1H3. The second-order valence-electron chi connectivity index (χ2n) is 5.78. The van der Waals surface area contributed by atoms with Crippen LogP contribution in [-0.2, 0) is 13.0 Å². The second kappa shape index (κ2) is 6.00. The molecule has 112 valence electrons. The smallest absolute Gasteiger partial charge is 0.336 e. The maximum atomic E-state index is 11.8. The highest BCUT2D eigenvalue weighted by Crippen LogP contribution is 2.22. The predicted octanol–water partition coefficient (Wildman–Crippen LogP) is 2.31. The van der Waals surface area contributed by atoms with Crippen molar-refractivity contribution >= 4 is 11.0 Å². The van der Waals surface area contributed by atoms with Crippen LogP contribution in [0, 0.1) is 0 Å². The summed E-state index contributed by atoms with van der Waals surface area (Å²) in [6, 6.07) is 7.69. The maximum Gasteiger partial charge on any atom is 0.336 e. The number of piperidine rings is 1. The lowest BCUT2D eigenvalue weighted by atomic mass is 10.0. The molecule has 1 aliphatic rings. The zero-order valence-electron chi connectivity index (χ0n) is 12.3. The lowest BCUT2D eigenvalue weighted by Gasteiger charge is -2.29. The summed E-state index contributed by atoms with van der Waals surface area (Å²) in [4.78, 5) is 14.1. The van der Waals surface area contributed by atoms with Crippen LogP contribution in [0.1, 0.15) is 30.9 Å². The highest BCUT2D eigenvalue weighted by Gasteiger charge is 2.18. The van der Waals surface area contributed by atoms with E-state index in [9.17, 15) is 9.90 Å². The maximum absolute atomic E-state index is 11.8. The van der Waals surface area contributed by atoms with Crippen molar-refractivity contribution in [3.8, 4) is 0 Å². The molecule has 0 spiro atoms. The summed E-state index contributed by atoms with van der Waals surface area (Å²) in [7, 11) is 0. The van der Waals surface area contributed by atoms with Gasteiger partial charge in [-0.1, -0.05) is 19.1 Å². The zero-order chi connectivity index (χ0) is 14.8. The molecule has 0 radical (unpaired) electrons. The van der Waals surface area contributed by atoms with Gasteiger partial charge in [-0.2, -0.15) is 0 Å². The number of benzene rings is 1. The number of likely N-dealkylation sites (tertiary alicyclic amines) is 1. The molecule has 1 aromatic carbocycles. The summed E-state index contributed by atoms with van der Waals surface area (Å²) < 4.78 is 5.34. The molecule has 0 aliphatic carbocycles. The van der Waals surface area contributed by atoms with Crippen molar-refractivity contribution in [2.75, 3.05) is 13.1 Å². The molecule has 0 bridgehead atoms. The van der Waals surface area contributed by atoms with Gasteiger partial charge < -0.3 is 9.52 Å². The van der Waals surface area contributed by atoms with Gasteiger partial charge in [-0.15, -0.1) is 0 Å². The molecule has 4 nitrogen and oxygen atoms in total. The largest absolute Gasteiger partial charge is 0.423 e. The SMILES string of the molecule is CCc1ccc2c(CN3CCC(O)CC3)cc(=O)oc2c1. The highest BCUT2D eigenvalue weighted by molar-refractivity contribution is 5.80. The molecule has 1 aromatic heterocycles. The molecule has 1 aliphatic heterocycles. The number of aliphatic hydroxyl groups is 1. The Balaban J connectivity index is 1.92. The molecule has 2 heterocycles. The van der Waals surface area contributed by atoms with Crippen molar-refractivity contribution in [2.24, 2.45) is 0 Å². The summed E-state index contributed by atoms with van der Waals surface area (Å²) in [6.07, 6.45) is 2.36. The van der Waals surface area contributed by atoms with Gasteiger partial charge in [0.05, 0.1) is 6.10 Å². The van der Waals surface area contributed by atoms with Crippen LogP contribution in [0.2, 0.25) is 0 Å². The quantitative estimate of drug-likeness (QED) is 0.880. The molecule has 1 saturated heterocycles. The molecule has 0 unspecified atom stereocenters. The average molecular weight is 287 g/mol. The summed E-state index contributed by atoms with van der Waals surface area (Å²) in [6.45, 7) is 4.56. The Morgan fingerprint density at radius 3 is 2.76 bits per heavy atom. The fourth-order valence-corrected chi connectivity index (χ4v) is 2.94. The second-order valence-corrected chi connectivity index (χ2v) is 5.78. The van der Waals surface area contributed by atoms with Crippen LogP contribution in [0.15, 0.2) is 33.5 Å². The zero-order valence-corrected chi connectivity index (χ0v) is 12.3. The number of nitrogens with zero attached hydrogens (tertiary/aromatic N) is 1. The number of aryl methyl sites for hydroxylation is 1. The molecule has 21 heavy (non-hydrogen) atoms. The normalized spacial score (nSPS) is 17.4. The molecular formula is C17H21NO3. The van der Waals surface area contributed by atoms with Crippen LogP contribution in [0.25, 0.3) is 11.0 Å². The van der Waals surface area contributed by atoms with Crippen LogP contribution in [0.3, 0.4) is 0 Å². The molecule has 3 rings (SSSR count). The van der Waals surface area contributed by atoms with Gasteiger partial charge in [-0.05, 0) is 36.5 Å². The first kappa shape index (κ1) is 14.3. The fourth-order valence-electron chi connectivity index (χ4n) is 2.94. The molecule has 2 aromatic rings. The molecule has 0 atom stereocenters. The van der Waals surface area contributed by atoms with Gasteiger partial charge in [0.25, 0.3) is 0 Å². The van der Waals surface area contributed by atoms with E-state index in [4.69, 9.17) is 4.42 Å². The van der Waals surface area contributed by atoms with Gasteiger partial charge in [-0.25, -0.2) is 4.79 Å². The van der Waals surface area contributed by atoms with Gasteiger partial charge in [0.2, 0.25) is 0 Å². The monoisotopic (exact) mass is 287 g/mol. The van der Waals surface area contributed by atoms with Crippen molar-refractivity contribution in [2.45, 2.75) is 38.8 Å². The lowest BCUT2D eigenvalue weighted by molar-refractivity contribution is 0.0794. The van der Waals surface area contributed by atoms with E-state index >= 15 is 0 Å². The summed E-state index contributed by atoms with van der Waals surface area (Å²) in [5.74, 6) is 0. The summed E-state index contributed by atoms with van der Waals surface area (Å²) in [5.41, 5.74) is 2.57. The predicted molar refractivity (Wildman–Crippen MR) is 82.4 cm³/mol. The number of aliphatic hydroxyl groups excluding tert-OH is 1. The van der Waals surface area contributed by atoms with Crippen LogP contribution in [0.4, 0.5) is 0 Å². The Morgan fingerprint density at radius 1 is 1.29 bits per heavy atom. The summed E-state index contributed by atoms with van der Waals surface area (Å²) >= 11 is 0. The summed E-state index contributed by atoms with van der Waals surface area (Å²) in [5, 5.41) is 10.6. The van der Waals surface area contributed by atoms with Crippen molar-refractivity contribution in [3.05, 3.63) is 45.8 Å². The number of rotatable bonds is 3. The van der Waals surface area contributed by atoms with Gasteiger partial charge in [0.15, 0.2) is 0 Å². The van der Waals surface area contributed by atoms with Crippen molar-refractivity contribution in [1.29, 1.82) is 0 Å². The van der Waals surface area contributed by atoms with Crippen molar-refractivity contribution in [3.63, 3.8) is 0 Å². The van der Waals surface area contributed by atoms with Crippen LogP contribution in [-0.4, -0.2) is 29.2 Å². The third kappa shape index (κ3) is 3.17. The number of fused-ring (bicyclic) bond motifs is 1. The minimum Gasteiger partial charge on any atom is -0.423 e. The van der Waals surface area contributed by atoms with E-state index in [1.54, 1.807) is 6.07 Å². The molecule has 1 N–H and O–H groups in total. The van der Waals surface area contributed by atoms with E-state index in [-0.39, 0.29) is 11.7 Å². The molecule has 0 amide bonds. The first-order valence-electron chi connectivity index (χ1n) is 7.62. The Morgan fingerprint density at radius 2 is 2.05 bits per heavy atom. The van der Waals surface area contributed by atoms with E-state index in [1.165, 1.54) is 5.56 Å². The van der Waals surface area contributed by atoms with Gasteiger partial charge in [-0.3, -0.25) is 4.90 Å². The van der Waals surface area contributed by atoms with Gasteiger partial charge in [0.1, 0.15) is 5.58 Å². The van der Waals surface area contributed by atoms with Gasteiger partial charge in [0, 0.05) is 31.1 Å². The van der Waals surface area contributed by atoms with Crippen LogP contribution >= 0.6 is 0 Å². The molecule has 4 heteroatoms. The van der Waals surface area contributed by atoms with Crippen molar-refractivity contribution < 1.29 is 9.52 Å².